The fourth-order valence-electron chi connectivity index (χ4n) is 3.66. The van der Waals surface area contributed by atoms with Gasteiger partial charge in [-0.05, 0) is 68.1 Å². The summed E-state index contributed by atoms with van der Waals surface area (Å²) in [6.45, 7) is 5.11. The monoisotopic (exact) mass is 463 g/mol. The number of aliphatic hydroxyl groups is 1. The number of halogens is 1. The quantitative estimate of drug-likeness (QED) is 0.347. The van der Waals surface area contributed by atoms with Crippen LogP contribution in [0.5, 0.6) is 5.75 Å². The maximum atomic E-state index is 10.6. The smallest absolute Gasteiger partial charge is 0.129 e. The Bertz CT molecular complexity index is 1200. The van der Waals surface area contributed by atoms with E-state index < -0.39 is 6.10 Å². The maximum Gasteiger partial charge on any atom is 0.129 e. The molecule has 0 aliphatic rings. The molecule has 0 radical (unpaired) electrons. The number of aryl methyl sites for hydroxylation is 3. The molecule has 0 amide bonds. The molecule has 0 aliphatic carbocycles. The topological polar surface area (TPSA) is 86.0 Å². The largest absolute Gasteiger partial charge is 0.489 e. The van der Waals surface area contributed by atoms with Gasteiger partial charge < -0.3 is 9.84 Å². The van der Waals surface area contributed by atoms with Crippen LogP contribution in [-0.4, -0.2) is 30.1 Å². The Labute approximate surface area is 198 Å². The van der Waals surface area contributed by atoms with Crippen LogP contribution in [0.4, 0.5) is 0 Å². The molecule has 0 spiro atoms. The van der Waals surface area contributed by atoms with Gasteiger partial charge in [0, 0.05) is 35.8 Å². The number of benzene rings is 1. The highest BCUT2D eigenvalue weighted by Gasteiger charge is 2.12. The van der Waals surface area contributed by atoms with Crippen LogP contribution < -0.4 is 4.74 Å². The normalized spacial score (nSPS) is 12.0. The Morgan fingerprint density at radius 3 is 2.70 bits per heavy atom. The summed E-state index contributed by atoms with van der Waals surface area (Å²) in [7, 11) is 0. The van der Waals surface area contributed by atoms with E-state index in [1.807, 2.05) is 56.4 Å². The lowest BCUT2D eigenvalue weighted by atomic mass is 9.99. The second kappa shape index (κ2) is 10.6. The second-order valence-electron chi connectivity index (χ2n) is 7.94. The van der Waals surface area contributed by atoms with E-state index in [4.69, 9.17) is 16.3 Å². The number of ether oxygens (including phenoxy) is 1. The molecule has 0 saturated heterocycles. The summed E-state index contributed by atoms with van der Waals surface area (Å²) in [5, 5.41) is 18.8. The predicted octanol–water partition coefficient (Wildman–Crippen LogP) is 5.10. The third kappa shape index (κ3) is 5.94. The van der Waals surface area contributed by atoms with Crippen molar-refractivity contribution in [2.75, 3.05) is 0 Å². The lowest BCUT2D eigenvalue weighted by molar-refractivity contribution is 0.161. The van der Waals surface area contributed by atoms with Gasteiger partial charge in [-0.15, -0.1) is 5.10 Å². The fraction of sp³-hybridized carbons (Fsp3) is 0.280. The minimum absolute atomic E-state index is 0.414. The highest BCUT2D eigenvalue weighted by molar-refractivity contribution is 6.29. The minimum atomic E-state index is -0.524. The van der Waals surface area contributed by atoms with Gasteiger partial charge in [-0.1, -0.05) is 28.9 Å². The van der Waals surface area contributed by atoms with E-state index in [0.29, 0.717) is 18.2 Å². The van der Waals surface area contributed by atoms with Crippen molar-refractivity contribution in [1.29, 1.82) is 0 Å². The van der Waals surface area contributed by atoms with E-state index >= 15 is 0 Å². The van der Waals surface area contributed by atoms with Crippen molar-refractivity contribution >= 4 is 11.6 Å². The molecule has 1 unspecified atom stereocenters. The number of pyridine rings is 2. The van der Waals surface area contributed by atoms with Gasteiger partial charge >= 0.3 is 0 Å². The van der Waals surface area contributed by atoms with Gasteiger partial charge in [-0.25, -0.2) is 4.98 Å². The molecule has 1 atom stereocenters. The van der Waals surface area contributed by atoms with Gasteiger partial charge in [-0.3, -0.25) is 9.67 Å². The van der Waals surface area contributed by atoms with Crippen molar-refractivity contribution in [3.05, 3.63) is 88.6 Å². The Hall–Kier alpha value is -3.29. The van der Waals surface area contributed by atoms with E-state index in [0.717, 1.165) is 52.4 Å². The maximum absolute atomic E-state index is 10.6. The zero-order valence-corrected chi connectivity index (χ0v) is 19.4. The lowest BCUT2D eigenvalue weighted by Crippen LogP contribution is -2.05. The summed E-state index contributed by atoms with van der Waals surface area (Å²) in [6, 6.07) is 13.4. The predicted molar refractivity (Wildman–Crippen MR) is 127 cm³/mol. The van der Waals surface area contributed by atoms with Crippen LogP contribution in [0.15, 0.2) is 61.1 Å². The molecule has 33 heavy (non-hydrogen) atoms. The van der Waals surface area contributed by atoms with Crippen LogP contribution in [0.25, 0.3) is 11.3 Å². The van der Waals surface area contributed by atoms with Crippen LogP contribution in [-0.2, 0) is 13.2 Å². The van der Waals surface area contributed by atoms with Crippen LogP contribution >= 0.6 is 11.6 Å². The summed E-state index contributed by atoms with van der Waals surface area (Å²) in [5.74, 6) is 0.761. The minimum Gasteiger partial charge on any atom is -0.489 e. The third-order valence-electron chi connectivity index (χ3n) is 5.55. The van der Waals surface area contributed by atoms with Gasteiger partial charge in [0.05, 0.1) is 18.0 Å². The molecule has 7 nitrogen and oxygen atoms in total. The van der Waals surface area contributed by atoms with Gasteiger partial charge in [0.15, 0.2) is 0 Å². The first-order valence-corrected chi connectivity index (χ1v) is 11.2. The third-order valence-corrected chi connectivity index (χ3v) is 5.77. The number of aliphatic hydroxyl groups excluding tert-OH is 1. The molecule has 0 bridgehead atoms. The van der Waals surface area contributed by atoms with Gasteiger partial charge in [0.25, 0.3) is 0 Å². The molecule has 4 rings (SSSR count). The van der Waals surface area contributed by atoms with Crippen molar-refractivity contribution in [2.24, 2.45) is 0 Å². The molecule has 1 aromatic carbocycles. The lowest BCUT2D eigenvalue weighted by Gasteiger charge is -2.16. The highest BCUT2D eigenvalue weighted by Crippen LogP contribution is 2.27. The summed E-state index contributed by atoms with van der Waals surface area (Å²) >= 11 is 5.87. The zero-order valence-electron chi connectivity index (χ0n) is 18.6. The van der Waals surface area contributed by atoms with E-state index in [2.05, 4.69) is 20.3 Å². The molecule has 8 heteroatoms. The SMILES string of the molecule is Cc1cc(OCc2ccc(-c3ccc(Cl)nc3)nc2C)ccc1C(O)CCCn1ccnn1. The van der Waals surface area contributed by atoms with Crippen molar-refractivity contribution in [2.45, 2.75) is 45.9 Å². The molecular formula is C25H26ClN5O2. The van der Waals surface area contributed by atoms with E-state index in [1.54, 1.807) is 23.1 Å². The molecule has 0 fully saturated rings. The number of nitrogens with zero attached hydrogens (tertiary/aromatic N) is 5. The van der Waals surface area contributed by atoms with Crippen molar-refractivity contribution in [1.82, 2.24) is 25.0 Å². The highest BCUT2D eigenvalue weighted by atomic mass is 35.5. The van der Waals surface area contributed by atoms with Crippen molar-refractivity contribution in [3.63, 3.8) is 0 Å². The van der Waals surface area contributed by atoms with Gasteiger partial charge in [-0.2, -0.15) is 0 Å². The molecule has 0 saturated carbocycles. The van der Waals surface area contributed by atoms with Crippen LogP contribution in [0.3, 0.4) is 0 Å². The molecule has 170 valence electrons. The Balaban J connectivity index is 1.34. The Kier molecular flexibility index (Phi) is 7.32. The second-order valence-corrected chi connectivity index (χ2v) is 8.33. The van der Waals surface area contributed by atoms with Gasteiger partial charge in [0.2, 0.25) is 0 Å². The van der Waals surface area contributed by atoms with Crippen molar-refractivity contribution < 1.29 is 9.84 Å². The van der Waals surface area contributed by atoms with E-state index in [-0.39, 0.29) is 0 Å². The standard InChI is InChI=1S/C25H26ClN5O2/c1-17-14-21(7-8-22(17)24(32)4-3-12-31-13-11-28-30-31)33-16-20-5-9-23(29-18(20)2)19-6-10-25(26)27-15-19/h5-11,13-15,24,32H,3-4,12,16H2,1-2H3. The van der Waals surface area contributed by atoms with Crippen molar-refractivity contribution in [3.8, 4) is 17.0 Å². The fourth-order valence-corrected chi connectivity index (χ4v) is 3.77. The van der Waals surface area contributed by atoms with Crippen LogP contribution in [0, 0.1) is 13.8 Å². The first-order chi connectivity index (χ1) is 16.0. The Morgan fingerprint density at radius 1 is 1.12 bits per heavy atom. The summed E-state index contributed by atoms with van der Waals surface area (Å²) < 4.78 is 7.78. The number of rotatable bonds is 9. The van der Waals surface area contributed by atoms with Gasteiger partial charge in [0.1, 0.15) is 17.5 Å². The summed E-state index contributed by atoms with van der Waals surface area (Å²) in [4.78, 5) is 8.80. The Morgan fingerprint density at radius 2 is 2.00 bits per heavy atom. The van der Waals surface area contributed by atoms with E-state index in [9.17, 15) is 5.11 Å². The molecule has 1 N–H and O–H groups in total. The van der Waals surface area contributed by atoms with Crippen LogP contribution in [0.1, 0.15) is 41.3 Å². The zero-order chi connectivity index (χ0) is 23.2. The summed E-state index contributed by atoms with van der Waals surface area (Å²) in [6.07, 6.45) is 6.14. The molecule has 0 aliphatic heterocycles. The molecule has 3 aromatic heterocycles. The van der Waals surface area contributed by atoms with Crippen LogP contribution in [0.2, 0.25) is 5.15 Å². The first kappa shape index (κ1) is 22.9. The molecule has 3 heterocycles. The first-order valence-electron chi connectivity index (χ1n) is 10.8. The molecule has 4 aromatic rings. The molecular weight excluding hydrogens is 438 g/mol. The number of aromatic nitrogens is 5. The average Bonchev–Trinajstić information content (AvgIpc) is 3.32. The summed E-state index contributed by atoms with van der Waals surface area (Å²) in [5.41, 5.74) is 5.59. The number of hydrogen-bond acceptors (Lipinski definition) is 6. The average molecular weight is 464 g/mol. The number of hydrogen-bond donors (Lipinski definition) is 1. The van der Waals surface area contributed by atoms with E-state index in [1.165, 1.54) is 0 Å².